The quantitative estimate of drug-likeness (QED) is 0.779. The fraction of sp³-hybridized carbons (Fsp3) is 0.500. The molecule has 0 saturated heterocycles. The lowest BCUT2D eigenvalue weighted by Crippen LogP contribution is -2.25. The van der Waals surface area contributed by atoms with Gasteiger partial charge in [0.05, 0.1) is 17.5 Å². The highest BCUT2D eigenvalue weighted by atomic mass is 16.5. The number of rotatable bonds is 7. The van der Waals surface area contributed by atoms with Gasteiger partial charge < -0.3 is 9.30 Å². The first kappa shape index (κ1) is 14.7. The average molecular weight is 274 g/mol. The third kappa shape index (κ3) is 2.90. The van der Waals surface area contributed by atoms with Crippen molar-refractivity contribution in [2.24, 2.45) is 0 Å². The Bertz CT molecular complexity index is 589. The Labute approximate surface area is 119 Å². The van der Waals surface area contributed by atoms with Gasteiger partial charge in [-0.15, -0.1) is 0 Å². The van der Waals surface area contributed by atoms with E-state index in [1.165, 1.54) is 0 Å². The second-order valence-corrected chi connectivity index (χ2v) is 4.92. The number of benzene rings is 1. The summed E-state index contributed by atoms with van der Waals surface area (Å²) in [5, 5.41) is 0. The SMILES string of the molecule is CCCC(OC)C(=O)Cc1nc2ccccc2n1CC. The molecule has 0 amide bonds. The standard InChI is InChI=1S/C16H22N2O2/c1-4-8-15(20-3)14(19)11-16-17-12-9-6-7-10-13(12)18(16)5-2/h6-7,9-10,15H,4-5,8,11H2,1-3H3. The third-order valence-electron chi connectivity index (χ3n) is 3.58. The van der Waals surface area contributed by atoms with E-state index in [1.807, 2.05) is 24.3 Å². The second kappa shape index (κ2) is 6.66. The van der Waals surface area contributed by atoms with Crippen LogP contribution in [0, 0.1) is 0 Å². The number of methoxy groups -OCH3 is 1. The van der Waals surface area contributed by atoms with Crippen LogP contribution in [0.25, 0.3) is 11.0 Å². The number of imidazole rings is 1. The molecule has 0 bridgehead atoms. The monoisotopic (exact) mass is 274 g/mol. The molecule has 1 heterocycles. The van der Waals surface area contributed by atoms with Crippen LogP contribution in [-0.2, 0) is 22.5 Å². The zero-order valence-electron chi connectivity index (χ0n) is 12.4. The lowest BCUT2D eigenvalue weighted by Gasteiger charge is -2.13. The molecular weight excluding hydrogens is 252 g/mol. The van der Waals surface area contributed by atoms with E-state index in [0.29, 0.717) is 6.42 Å². The average Bonchev–Trinajstić information content (AvgIpc) is 2.81. The van der Waals surface area contributed by atoms with E-state index in [1.54, 1.807) is 7.11 Å². The molecule has 4 nitrogen and oxygen atoms in total. The molecule has 0 spiro atoms. The molecular formula is C16H22N2O2. The fourth-order valence-corrected chi connectivity index (χ4v) is 2.56. The molecule has 0 radical (unpaired) electrons. The minimum atomic E-state index is -0.315. The number of para-hydroxylation sites is 2. The largest absolute Gasteiger partial charge is 0.374 e. The van der Waals surface area contributed by atoms with Crippen LogP contribution < -0.4 is 0 Å². The summed E-state index contributed by atoms with van der Waals surface area (Å²) in [7, 11) is 1.60. The molecule has 108 valence electrons. The Hall–Kier alpha value is -1.68. The molecule has 1 aromatic carbocycles. The maximum Gasteiger partial charge on any atom is 0.169 e. The van der Waals surface area contributed by atoms with Gasteiger partial charge in [-0.2, -0.15) is 0 Å². The lowest BCUT2D eigenvalue weighted by atomic mass is 10.1. The Morgan fingerprint density at radius 1 is 1.35 bits per heavy atom. The minimum Gasteiger partial charge on any atom is -0.374 e. The minimum absolute atomic E-state index is 0.111. The molecule has 1 aromatic heterocycles. The van der Waals surface area contributed by atoms with E-state index in [2.05, 4.69) is 23.4 Å². The lowest BCUT2D eigenvalue weighted by molar-refractivity contribution is -0.128. The van der Waals surface area contributed by atoms with Gasteiger partial charge in [-0.05, 0) is 25.5 Å². The number of Topliss-reactive ketones (excluding diaryl/α,β-unsaturated/α-hetero) is 1. The molecule has 0 aliphatic heterocycles. The van der Waals surface area contributed by atoms with E-state index < -0.39 is 0 Å². The summed E-state index contributed by atoms with van der Waals surface area (Å²) in [5.74, 6) is 0.941. The Kier molecular flexibility index (Phi) is 4.90. The Morgan fingerprint density at radius 2 is 2.10 bits per heavy atom. The van der Waals surface area contributed by atoms with Gasteiger partial charge in [-0.25, -0.2) is 4.98 Å². The molecule has 0 fully saturated rings. The topological polar surface area (TPSA) is 44.1 Å². The van der Waals surface area contributed by atoms with Gasteiger partial charge in [-0.3, -0.25) is 4.79 Å². The van der Waals surface area contributed by atoms with Crippen molar-refractivity contribution in [1.82, 2.24) is 9.55 Å². The molecule has 1 unspecified atom stereocenters. The van der Waals surface area contributed by atoms with Crippen LogP contribution in [0.2, 0.25) is 0 Å². The van der Waals surface area contributed by atoms with E-state index in [0.717, 1.165) is 36.2 Å². The molecule has 4 heteroatoms. The predicted molar refractivity (Wildman–Crippen MR) is 79.8 cm³/mol. The first-order valence-corrected chi connectivity index (χ1v) is 7.20. The van der Waals surface area contributed by atoms with Crippen molar-refractivity contribution in [3.63, 3.8) is 0 Å². The van der Waals surface area contributed by atoms with E-state index in [4.69, 9.17) is 4.74 Å². The van der Waals surface area contributed by atoms with Crippen LogP contribution in [0.15, 0.2) is 24.3 Å². The molecule has 2 rings (SSSR count). The van der Waals surface area contributed by atoms with E-state index in [-0.39, 0.29) is 11.9 Å². The van der Waals surface area contributed by atoms with Gasteiger partial charge in [0.25, 0.3) is 0 Å². The maximum atomic E-state index is 12.3. The molecule has 1 atom stereocenters. The van der Waals surface area contributed by atoms with Gasteiger partial charge in [0.15, 0.2) is 5.78 Å². The van der Waals surface area contributed by atoms with Crippen LogP contribution >= 0.6 is 0 Å². The van der Waals surface area contributed by atoms with Gasteiger partial charge in [0.2, 0.25) is 0 Å². The molecule has 2 aromatic rings. The highest BCUT2D eigenvalue weighted by Gasteiger charge is 2.20. The normalized spacial score (nSPS) is 12.8. The number of carbonyl (C=O) groups is 1. The summed E-state index contributed by atoms with van der Waals surface area (Å²) in [5.41, 5.74) is 2.03. The third-order valence-corrected chi connectivity index (χ3v) is 3.58. The van der Waals surface area contributed by atoms with Crippen molar-refractivity contribution in [1.29, 1.82) is 0 Å². The van der Waals surface area contributed by atoms with Crippen molar-refractivity contribution >= 4 is 16.8 Å². The number of hydrogen-bond donors (Lipinski definition) is 0. The van der Waals surface area contributed by atoms with Crippen LogP contribution in [0.1, 0.15) is 32.5 Å². The van der Waals surface area contributed by atoms with E-state index in [9.17, 15) is 4.79 Å². The number of aromatic nitrogens is 2. The van der Waals surface area contributed by atoms with Crippen molar-refractivity contribution < 1.29 is 9.53 Å². The Balaban J connectivity index is 2.26. The van der Waals surface area contributed by atoms with Crippen LogP contribution in [0.4, 0.5) is 0 Å². The molecule has 0 N–H and O–H groups in total. The van der Waals surface area contributed by atoms with Gasteiger partial charge >= 0.3 is 0 Å². The van der Waals surface area contributed by atoms with Crippen molar-refractivity contribution in [3.8, 4) is 0 Å². The first-order valence-electron chi connectivity index (χ1n) is 7.20. The van der Waals surface area contributed by atoms with Crippen LogP contribution in [0.3, 0.4) is 0 Å². The summed E-state index contributed by atoms with van der Waals surface area (Å²) in [6.07, 6.45) is 1.72. The number of hydrogen-bond acceptors (Lipinski definition) is 3. The van der Waals surface area contributed by atoms with Crippen LogP contribution in [-0.4, -0.2) is 28.5 Å². The predicted octanol–water partition coefficient (Wildman–Crippen LogP) is 2.98. The number of ether oxygens (including phenoxy) is 1. The maximum absolute atomic E-state index is 12.3. The highest BCUT2D eigenvalue weighted by Crippen LogP contribution is 2.17. The Morgan fingerprint density at radius 3 is 2.75 bits per heavy atom. The smallest absolute Gasteiger partial charge is 0.169 e. The first-order chi connectivity index (χ1) is 9.71. The molecule has 20 heavy (non-hydrogen) atoms. The molecule has 0 aliphatic rings. The van der Waals surface area contributed by atoms with E-state index >= 15 is 0 Å². The number of nitrogens with zero attached hydrogens (tertiary/aromatic N) is 2. The zero-order valence-corrected chi connectivity index (χ0v) is 12.4. The summed E-state index contributed by atoms with van der Waals surface area (Å²) < 4.78 is 7.39. The number of carbonyl (C=O) groups excluding carboxylic acids is 1. The number of fused-ring (bicyclic) bond motifs is 1. The van der Waals surface area contributed by atoms with Gasteiger partial charge in [0, 0.05) is 13.7 Å². The second-order valence-electron chi connectivity index (χ2n) is 4.92. The van der Waals surface area contributed by atoms with Crippen molar-refractivity contribution in [2.45, 2.75) is 45.8 Å². The summed E-state index contributed by atoms with van der Waals surface area (Å²) in [6.45, 7) is 4.94. The molecule has 0 aliphatic carbocycles. The van der Waals surface area contributed by atoms with Gasteiger partial charge in [-0.1, -0.05) is 25.5 Å². The number of ketones is 1. The highest BCUT2D eigenvalue weighted by molar-refractivity contribution is 5.86. The van der Waals surface area contributed by atoms with Gasteiger partial charge in [0.1, 0.15) is 11.9 Å². The summed E-state index contributed by atoms with van der Waals surface area (Å²) >= 11 is 0. The fourth-order valence-electron chi connectivity index (χ4n) is 2.56. The zero-order chi connectivity index (χ0) is 14.5. The van der Waals surface area contributed by atoms with Crippen LogP contribution in [0.5, 0.6) is 0 Å². The van der Waals surface area contributed by atoms with Crippen molar-refractivity contribution in [2.75, 3.05) is 7.11 Å². The van der Waals surface area contributed by atoms with Crippen molar-refractivity contribution in [3.05, 3.63) is 30.1 Å². The number of aryl methyl sites for hydroxylation is 1. The summed E-state index contributed by atoms with van der Waals surface area (Å²) in [4.78, 5) is 16.9. The molecule has 0 saturated carbocycles. The summed E-state index contributed by atoms with van der Waals surface area (Å²) in [6, 6.07) is 7.99.